The first kappa shape index (κ1) is 14.3. The van der Waals surface area contributed by atoms with Crippen molar-refractivity contribution in [2.45, 2.75) is 19.1 Å². The number of carbonyl (C=O) groups excluding carboxylic acids is 1. The molecule has 1 aromatic rings. The maximum absolute atomic E-state index is 12.0. The quantitative estimate of drug-likeness (QED) is 0.857. The van der Waals surface area contributed by atoms with Crippen LogP contribution in [0.15, 0.2) is 27.3 Å². The van der Waals surface area contributed by atoms with E-state index in [1.54, 1.807) is 23.1 Å². The third kappa shape index (κ3) is 3.92. The van der Waals surface area contributed by atoms with E-state index in [-0.39, 0.29) is 24.7 Å². The average Bonchev–Trinajstić information content (AvgIpc) is 2.81. The molecule has 0 saturated carbocycles. The van der Waals surface area contributed by atoms with Crippen LogP contribution in [0.3, 0.4) is 0 Å². The number of ether oxygens (including phenoxy) is 1. The number of furan rings is 1. The lowest BCUT2D eigenvalue weighted by molar-refractivity contribution is -0.142. The predicted molar refractivity (Wildman–Crippen MR) is 73.4 cm³/mol. The molecule has 19 heavy (non-hydrogen) atoms. The first-order valence-corrected chi connectivity index (χ1v) is 6.86. The molecular weight excluding hydrogens is 314 g/mol. The molecule has 0 aliphatic carbocycles. The van der Waals surface area contributed by atoms with E-state index in [0.717, 1.165) is 0 Å². The van der Waals surface area contributed by atoms with Crippen LogP contribution in [-0.4, -0.2) is 47.8 Å². The Labute approximate surface area is 120 Å². The van der Waals surface area contributed by atoms with E-state index in [1.807, 2.05) is 6.92 Å². The smallest absolute Gasteiger partial charge is 0.246 e. The molecule has 0 bridgehead atoms. The van der Waals surface area contributed by atoms with E-state index in [1.165, 1.54) is 6.08 Å². The Kier molecular flexibility index (Phi) is 4.79. The molecule has 0 aromatic carbocycles. The molecule has 1 fully saturated rings. The summed E-state index contributed by atoms with van der Waals surface area (Å²) in [6.07, 6.45) is 2.72. The van der Waals surface area contributed by atoms with E-state index in [9.17, 15) is 4.79 Å². The molecule has 0 spiro atoms. The molecule has 6 heteroatoms. The third-order valence-corrected chi connectivity index (χ3v) is 3.25. The van der Waals surface area contributed by atoms with Gasteiger partial charge in [-0.2, -0.15) is 0 Å². The van der Waals surface area contributed by atoms with Gasteiger partial charge in [0, 0.05) is 19.2 Å². The zero-order valence-corrected chi connectivity index (χ0v) is 12.2. The van der Waals surface area contributed by atoms with Crippen LogP contribution in [0.2, 0.25) is 0 Å². The van der Waals surface area contributed by atoms with Gasteiger partial charge in [-0.15, -0.1) is 0 Å². The number of aliphatic hydroxyl groups is 1. The zero-order chi connectivity index (χ0) is 13.8. The molecule has 1 amide bonds. The fourth-order valence-corrected chi connectivity index (χ4v) is 2.32. The molecule has 0 radical (unpaired) electrons. The second-order valence-electron chi connectivity index (χ2n) is 4.47. The van der Waals surface area contributed by atoms with Crippen molar-refractivity contribution in [2.75, 3.05) is 19.7 Å². The minimum atomic E-state index is -0.307. The SMILES string of the molecule is CC1CN(C(=O)/C=C/c2ccc(Br)o2)CC(CO)O1. The number of aliphatic hydroxyl groups excluding tert-OH is 1. The number of hydrogen-bond acceptors (Lipinski definition) is 4. The summed E-state index contributed by atoms with van der Waals surface area (Å²) >= 11 is 3.20. The Bertz CT molecular complexity index is 471. The number of morpholine rings is 1. The van der Waals surface area contributed by atoms with Gasteiger partial charge in [0.15, 0.2) is 4.67 Å². The zero-order valence-electron chi connectivity index (χ0n) is 10.6. The van der Waals surface area contributed by atoms with E-state index < -0.39 is 0 Å². The summed E-state index contributed by atoms with van der Waals surface area (Å²) in [5, 5.41) is 9.12. The second kappa shape index (κ2) is 6.36. The molecule has 1 aliphatic rings. The topological polar surface area (TPSA) is 62.9 Å². The minimum Gasteiger partial charge on any atom is -0.450 e. The first-order chi connectivity index (χ1) is 9.08. The highest BCUT2D eigenvalue weighted by atomic mass is 79.9. The average molecular weight is 330 g/mol. The van der Waals surface area contributed by atoms with Crippen LogP contribution < -0.4 is 0 Å². The van der Waals surface area contributed by atoms with Gasteiger partial charge in [0.25, 0.3) is 0 Å². The minimum absolute atomic E-state index is 0.0685. The second-order valence-corrected chi connectivity index (χ2v) is 5.25. The Morgan fingerprint density at radius 3 is 3.00 bits per heavy atom. The highest BCUT2D eigenvalue weighted by molar-refractivity contribution is 9.10. The monoisotopic (exact) mass is 329 g/mol. The van der Waals surface area contributed by atoms with E-state index >= 15 is 0 Å². The Morgan fingerprint density at radius 2 is 2.37 bits per heavy atom. The van der Waals surface area contributed by atoms with E-state index in [4.69, 9.17) is 14.3 Å². The van der Waals surface area contributed by atoms with Crippen molar-refractivity contribution in [2.24, 2.45) is 0 Å². The summed E-state index contributed by atoms with van der Waals surface area (Å²) in [7, 11) is 0. The molecule has 1 saturated heterocycles. The lowest BCUT2D eigenvalue weighted by Crippen LogP contribution is -2.49. The van der Waals surface area contributed by atoms with Crippen molar-refractivity contribution < 1.29 is 19.1 Å². The highest BCUT2D eigenvalue weighted by Gasteiger charge is 2.26. The van der Waals surface area contributed by atoms with Crippen LogP contribution in [0, 0.1) is 0 Å². The number of amides is 1. The summed E-state index contributed by atoms with van der Waals surface area (Å²) in [6.45, 7) is 2.74. The van der Waals surface area contributed by atoms with Crippen LogP contribution in [0.1, 0.15) is 12.7 Å². The van der Waals surface area contributed by atoms with Crippen molar-refractivity contribution in [3.05, 3.63) is 28.6 Å². The molecule has 2 atom stereocenters. The number of nitrogens with zero attached hydrogens (tertiary/aromatic N) is 1. The Balaban J connectivity index is 1.97. The molecule has 5 nitrogen and oxygen atoms in total. The lowest BCUT2D eigenvalue weighted by Gasteiger charge is -2.35. The van der Waals surface area contributed by atoms with E-state index in [0.29, 0.717) is 23.5 Å². The molecule has 1 N–H and O–H groups in total. The highest BCUT2D eigenvalue weighted by Crippen LogP contribution is 2.16. The largest absolute Gasteiger partial charge is 0.450 e. The number of carbonyl (C=O) groups is 1. The maximum atomic E-state index is 12.0. The van der Waals surface area contributed by atoms with Crippen molar-refractivity contribution in [3.63, 3.8) is 0 Å². The lowest BCUT2D eigenvalue weighted by atomic mass is 10.2. The van der Waals surface area contributed by atoms with Gasteiger partial charge in [-0.3, -0.25) is 4.79 Å². The predicted octanol–water partition coefficient (Wildman–Crippen LogP) is 1.66. The molecule has 2 unspecified atom stereocenters. The fourth-order valence-electron chi connectivity index (χ4n) is 2.00. The van der Waals surface area contributed by atoms with Crippen LogP contribution in [0.4, 0.5) is 0 Å². The van der Waals surface area contributed by atoms with Crippen LogP contribution in [0.25, 0.3) is 6.08 Å². The van der Waals surface area contributed by atoms with Gasteiger partial charge in [-0.05, 0) is 41.1 Å². The number of rotatable bonds is 3. The Morgan fingerprint density at radius 1 is 1.58 bits per heavy atom. The molecule has 1 aliphatic heterocycles. The fraction of sp³-hybridized carbons (Fsp3) is 0.462. The molecular formula is C13H16BrNO4. The van der Waals surface area contributed by atoms with Gasteiger partial charge in [0.05, 0.1) is 18.8 Å². The van der Waals surface area contributed by atoms with Crippen LogP contribution in [0.5, 0.6) is 0 Å². The van der Waals surface area contributed by atoms with Crippen molar-refractivity contribution in [1.29, 1.82) is 0 Å². The summed E-state index contributed by atoms with van der Waals surface area (Å²) in [5.74, 6) is 0.501. The van der Waals surface area contributed by atoms with Crippen molar-refractivity contribution in [3.8, 4) is 0 Å². The van der Waals surface area contributed by atoms with Crippen LogP contribution in [-0.2, 0) is 9.53 Å². The van der Waals surface area contributed by atoms with Gasteiger partial charge in [0.2, 0.25) is 5.91 Å². The molecule has 2 rings (SSSR count). The molecule has 104 valence electrons. The van der Waals surface area contributed by atoms with Gasteiger partial charge >= 0.3 is 0 Å². The third-order valence-electron chi connectivity index (χ3n) is 2.83. The summed E-state index contributed by atoms with van der Waals surface area (Å²) in [4.78, 5) is 13.7. The summed E-state index contributed by atoms with van der Waals surface area (Å²) in [5.41, 5.74) is 0. The van der Waals surface area contributed by atoms with E-state index in [2.05, 4.69) is 15.9 Å². The summed E-state index contributed by atoms with van der Waals surface area (Å²) in [6, 6.07) is 3.54. The van der Waals surface area contributed by atoms with Crippen LogP contribution >= 0.6 is 15.9 Å². The Hall–Kier alpha value is -1.11. The maximum Gasteiger partial charge on any atom is 0.246 e. The van der Waals surface area contributed by atoms with Crippen molar-refractivity contribution >= 4 is 27.9 Å². The molecule has 1 aromatic heterocycles. The molecule has 2 heterocycles. The number of hydrogen-bond donors (Lipinski definition) is 1. The standard InChI is InChI=1S/C13H16BrNO4/c1-9-6-15(7-11(8-16)18-9)13(17)5-3-10-2-4-12(14)19-10/h2-5,9,11,16H,6-8H2,1H3/b5-3+. The normalized spacial score (nSPS) is 24.1. The van der Waals surface area contributed by atoms with Gasteiger partial charge in [-0.25, -0.2) is 0 Å². The van der Waals surface area contributed by atoms with Gasteiger partial charge in [0.1, 0.15) is 5.76 Å². The first-order valence-electron chi connectivity index (χ1n) is 6.07. The van der Waals surface area contributed by atoms with Crippen molar-refractivity contribution in [1.82, 2.24) is 4.90 Å². The number of halogens is 1. The summed E-state index contributed by atoms with van der Waals surface area (Å²) < 4.78 is 11.4. The van der Waals surface area contributed by atoms with Gasteiger partial charge in [-0.1, -0.05) is 0 Å². The van der Waals surface area contributed by atoms with Gasteiger partial charge < -0.3 is 19.2 Å².